The highest BCUT2D eigenvalue weighted by atomic mass is 19.4. The van der Waals surface area contributed by atoms with Gasteiger partial charge >= 0.3 is 6.18 Å². The Balaban J connectivity index is 2.28. The molecule has 0 bridgehead atoms. The average molecular weight is 285 g/mol. The number of alkyl halides is 3. The van der Waals surface area contributed by atoms with Gasteiger partial charge in [-0.2, -0.15) is 13.2 Å². The van der Waals surface area contributed by atoms with Crippen molar-refractivity contribution in [3.63, 3.8) is 0 Å². The van der Waals surface area contributed by atoms with E-state index in [1.165, 1.54) is 26.0 Å². The van der Waals surface area contributed by atoms with Crippen molar-refractivity contribution in [2.45, 2.75) is 44.8 Å². The minimum absolute atomic E-state index is 0.228. The molecule has 1 aliphatic rings. The molecule has 1 aliphatic heterocycles. The van der Waals surface area contributed by atoms with Crippen molar-refractivity contribution in [1.82, 2.24) is 0 Å². The molecule has 0 N–H and O–H groups in total. The summed E-state index contributed by atoms with van der Waals surface area (Å²) >= 11 is 0. The van der Waals surface area contributed by atoms with Gasteiger partial charge in [0.25, 0.3) is 0 Å². The average Bonchev–Trinajstić information content (AvgIpc) is 2.68. The topological polar surface area (TPSA) is 21.6 Å². The first-order valence-corrected chi connectivity index (χ1v) is 6.43. The van der Waals surface area contributed by atoms with Crippen LogP contribution in [0.5, 0.6) is 0 Å². The number of ether oxygens (including phenoxy) is 1. The molecule has 1 aromatic carbocycles. The van der Waals surface area contributed by atoms with Crippen LogP contribution < -0.4 is 0 Å². The first-order valence-electron chi connectivity index (χ1n) is 6.43. The molecule has 0 amide bonds. The van der Waals surface area contributed by atoms with Gasteiger partial charge in [-0.05, 0) is 45.4 Å². The van der Waals surface area contributed by atoms with Crippen LogP contribution in [0.25, 0.3) is 0 Å². The highest BCUT2D eigenvalue weighted by molar-refractivity contribution is 5.95. The maximum atomic E-state index is 13.0. The van der Waals surface area contributed by atoms with Gasteiger partial charge in [0.15, 0.2) is 0 Å². The van der Waals surface area contributed by atoms with E-state index in [9.17, 15) is 13.2 Å². The van der Waals surface area contributed by atoms with Crippen LogP contribution in [0.2, 0.25) is 0 Å². The third-order valence-corrected chi connectivity index (χ3v) is 3.53. The summed E-state index contributed by atoms with van der Waals surface area (Å²) in [6.45, 7) is 6.73. The zero-order chi connectivity index (χ0) is 15.2. The van der Waals surface area contributed by atoms with Crippen molar-refractivity contribution in [3.05, 3.63) is 35.4 Å². The van der Waals surface area contributed by atoms with E-state index >= 15 is 0 Å². The molecule has 0 fully saturated rings. The van der Waals surface area contributed by atoms with E-state index < -0.39 is 11.6 Å². The van der Waals surface area contributed by atoms with Gasteiger partial charge in [0, 0.05) is 5.56 Å². The Morgan fingerprint density at radius 1 is 1.10 bits per heavy atom. The summed E-state index contributed by atoms with van der Waals surface area (Å²) in [6.07, 6.45) is -4.28. The van der Waals surface area contributed by atoms with Crippen LogP contribution in [0.4, 0.5) is 13.2 Å². The minimum Gasteiger partial charge on any atom is -0.475 e. The van der Waals surface area contributed by atoms with E-state index in [4.69, 9.17) is 4.74 Å². The number of benzene rings is 1. The van der Waals surface area contributed by atoms with Crippen LogP contribution in [-0.4, -0.2) is 24.2 Å². The third-order valence-electron chi connectivity index (χ3n) is 3.53. The normalized spacial score (nSPS) is 18.6. The van der Waals surface area contributed by atoms with E-state index in [1.807, 2.05) is 13.8 Å². The molecule has 2 rings (SSSR count). The first kappa shape index (κ1) is 14.9. The molecular weight excluding hydrogens is 267 g/mol. The van der Waals surface area contributed by atoms with Crippen molar-refractivity contribution >= 4 is 5.90 Å². The van der Waals surface area contributed by atoms with Crippen molar-refractivity contribution < 1.29 is 17.9 Å². The molecule has 0 spiro atoms. The Hall–Kier alpha value is -1.52. The molecule has 0 unspecified atom stereocenters. The number of hydrogen-bond acceptors (Lipinski definition) is 2. The zero-order valence-corrected chi connectivity index (χ0v) is 12.0. The lowest BCUT2D eigenvalue weighted by atomic mass is 9.83. The molecular formula is C15H18F3NO. The molecule has 0 aromatic heterocycles. The van der Waals surface area contributed by atoms with E-state index in [1.54, 1.807) is 12.1 Å². The molecule has 0 aliphatic carbocycles. The Morgan fingerprint density at radius 2 is 1.65 bits per heavy atom. The predicted octanol–water partition coefficient (Wildman–Crippen LogP) is 4.08. The lowest BCUT2D eigenvalue weighted by molar-refractivity contribution is -0.180. The van der Waals surface area contributed by atoms with E-state index in [-0.39, 0.29) is 11.1 Å². The van der Waals surface area contributed by atoms with Crippen LogP contribution in [0.3, 0.4) is 0 Å². The quantitative estimate of drug-likeness (QED) is 0.802. The first-order chi connectivity index (χ1) is 9.03. The fourth-order valence-electron chi connectivity index (χ4n) is 1.93. The predicted molar refractivity (Wildman–Crippen MR) is 72.1 cm³/mol. The van der Waals surface area contributed by atoms with Crippen LogP contribution in [-0.2, 0) is 10.2 Å². The maximum Gasteiger partial charge on any atom is 0.397 e. The van der Waals surface area contributed by atoms with E-state index in [2.05, 4.69) is 4.99 Å². The molecule has 5 heteroatoms. The van der Waals surface area contributed by atoms with Gasteiger partial charge in [-0.15, -0.1) is 0 Å². The van der Waals surface area contributed by atoms with Gasteiger partial charge in [0.05, 0.1) is 11.0 Å². The lowest BCUT2D eigenvalue weighted by Crippen LogP contribution is -2.36. The van der Waals surface area contributed by atoms with Crippen LogP contribution in [0.1, 0.15) is 38.8 Å². The molecule has 0 radical (unpaired) electrons. The highest BCUT2D eigenvalue weighted by Gasteiger charge is 2.48. The Morgan fingerprint density at radius 3 is 2.05 bits per heavy atom. The minimum atomic E-state index is -4.28. The Labute approximate surface area is 116 Å². The number of rotatable bonds is 2. The summed E-state index contributed by atoms with van der Waals surface area (Å²) < 4.78 is 44.4. The molecule has 0 saturated heterocycles. The number of hydrogen-bond donors (Lipinski definition) is 0. The van der Waals surface area contributed by atoms with Crippen molar-refractivity contribution in [2.24, 2.45) is 4.99 Å². The van der Waals surface area contributed by atoms with Crippen molar-refractivity contribution in [1.29, 1.82) is 0 Å². The maximum absolute atomic E-state index is 13.0. The second-order valence-electron chi connectivity index (χ2n) is 6.22. The molecule has 1 aromatic rings. The molecule has 20 heavy (non-hydrogen) atoms. The zero-order valence-electron chi connectivity index (χ0n) is 12.0. The number of halogens is 3. The molecule has 1 heterocycles. The van der Waals surface area contributed by atoms with Crippen LogP contribution in [0.15, 0.2) is 29.3 Å². The highest BCUT2D eigenvalue weighted by Crippen LogP contribution is 2.40. The fraction of sp³-hybridized carbons (Fsp3) is 0.533. The molecule has 0 saturated carbocycles. The number of nitrogens with zero attached hydrogens (tertiary/aromatic N) is 1. The molecule has 2 nitrogen and oxygen atoms in total. The second-order valence-corrected chi connectivity index (χ2v) is 6.22. The summed E-state index contributed by atoms with van der Waals surface area (Å²) in [5.41, 5.74) is -1.22. The van der Waals surface area contributed by atoms with E-state index in [0.717, 1.165) is 0 Å². The van der Waals surface area contributed by atoms with Gasteiger partial charge in [0.2, 0.25) is 5.90 Å². The smallest absolute Gasteiger partial charge is 0.397 e. The third kappa shape index (κ3) is 2.67. The summed E-state index contributed by atoms with van der Waals surface area (Å²) in [6, 6.07) is 6.23. The lowest BCUT2D eigenvalue weighted by Gasteiger charge is -2.28. The largest absolute Gasteiger partial charge is 0.475 e. The van der Waals surface area contributed by atoms with Crippen LogP contribution >= 0.6 is 0 Å². The monoisotopic (exact) mass is 285 g/mol. The standard InChI is InChI=1S/C15H18F3NO/c1-13(2)9-20-12(19-13)10-5-7-11(8-6-10)14(3,4)15(16,17)18/h5-8H,9H2,1-4H3. The van der Waals surface area contributed by atoms with Gasteiger partial charge in [-0.3, -0.25) is 0 Å². The fourth-order valence-corrected chi connectivity index (χ4v) is 1.93. The van der Waals surface area contributed by atoms with E-state index in [0.29, 0.717) is 18.1 Å². The summed E-state index contributed by atoms with van der Waals surface area (Å²) in [5, 5.41) is 0. The van der Waals surface area contributed by atoms with Gasteiger partial charge in [-0.1, -0.05) is 12.1 Å². The summed E-state index contributed by atoms with van der Waals surface area (Å²) in [5.74, 6) is 0.492. The molecule has 110 valence electrons. The Bertz CT molecular complexity index is 527. The summed E-state index contributed by atoms with van der Waals surface area (Å²) in [4.78, 5) is 4.40. The van der Waals surface area contributed by atoms with Gasteiger partial charge in [-0.25, -0.2) is 4.99 Å². The van der Waals surface area contributed by atoms with Gasteiger partial charge < -0.3 is 4.74 Å². The molecule has 0 atom stereocenters. The van der Waals surface area contributed by atoms with Crippen molar-refractivity contribution in [2.75, 3.05) is 6.61 Å². The van der Waals surface area contributed by atoms with Crippen molar-refractivity contribution in [3.8, 4) is 0 Å². The summed E-state index contributed by atoms with van der Waals surface area (Å²) in [7, 11) is 0. The SMILES string of the molecule is CC1(C)COC(c2ccc(C(C)(C)C(F)(F)F)cc2)=N1. The Kier molecular flexibility index (Phi) is 3.35. The van der Waals surface area contributed by atoms with Crippen LogP contribution in [0, 0.1) is 0 Å². The second kappa shape index (κ2) is 4.50. The number of aliphatic imine (C=N–C) groups is 1. The van der Waals surface area contributed by atoms with Gasteiger partial charge in [0.1, 0.15) is 6.61 Å².